The molecule has 1 aliphatic heterocycles. The van der Waals surface area contributed by atoms with Crippen molar-refractivity contribution in [3.05, 3.63) is 29.3 Å². The van der Waals surface area contributed by atoms with Crippen LogP contribution >= 0.6 is 0 Å². The molecule has 1 aliphatic rings. The Bertz CT molecular complexity index is 496. The first kappa shape index (κ1) is 15.9. The molecule has 0 radical (unpaired) electrons. The van der Waals surface area contributed by atoms with Gasteiger partial charge in [-0.3, -0.25) is 4.79 Å². The molecule has 3 nitrogen and oxygen atoms in total. The van der Waals surface area contributed by atoms with E-state index in [2.05, 4.69) is 37.1 Å². The zero-order valence-electron chi connectivity index (χ0n) is 13.8. The van der Waals surface area contributed by atoms with E-state index in [1.54, 1.807) is 0 Å². The van der Waals surface area contributed by atoms with Gasteiger partial charge in [0.25, 0.3) is 5.91 Å². The molecule has 1 amide bonds. The summed E-state index contributed by atoms with van der Waals surface area (Å²) in [7, 11) is 0. The van der Waals surface area contributed by atoms with Crippen LogP contribution in [0.15, 0.2) is 18.2 Å². The van der Waals surface area contributed by atoms with E-state index < -0.39 is 0 Å². The largest absolute Gasteiger partial charge is 0.384 e. The Hall–Kier alpha value is -1.51. The van der Waals surface area contributed by atoms with Crippen molar-refractivity contribution in [1.82, 2.24) is 4.90 Å². The molecular weight excluding hydrogens is 260 g/mol. The maximum atomic E-state index is 13.0. The van der Waals surface area contributed by atoms with Crippen LogP contribution < -0.4 is 5.32 Å². The third-order valence-electron chi connectivity index (χ3n) is 4.30. The molecule has 3 heteroatoms. The van der Waals surface area contributed by atoms with E-state index in [-0.39, 0.29) is 5.91 Å². The zero-order valence-corrected chi connectivity index (χ0v) is 13.8. The second-order valence-corrected chi connectivity index (χ2v) is 6.43. The minimum Gasteiger partial charge on any atom is -0.384 e. The molecular formula is C18H28N2O. The Morgan fingerprint density at radius 1 is 1.43 bits per heavy atom. The number of carbonyl (C=O) groups is 1. The lowest BCUT2D eigenvalue weighted by atomic mass is 10.0. The first-order valence-electron chi connectivity index (χ1n) is 8.20. The Labute approximate surface area is 128 Å². The van der Waals surface area contributed by atoms with Crippen molar-refractivity contribution < 1.29 is 4.79 Å². The van der Waals surface area contributed by atoms with Gasteiger partial charge in [0.1, 0.15) is 0 Å². The highest BCUT2D eigenvalue weighted by atomic mass is 16.2. The van der Waals surface area contributed by atoms with E-state index in [0.29, 0.717) is 12.0 Å². The summed E-state index contributed by atoms with van der Waals surface area (Å²) in [5.74, 6) is 0.710. The lowest BCUT2D eigenvalue weighted by molar-refractivity contribution is 0.0702. The van der Waals surface area contributed by atoms with Crippen LogP contribution in [0.25, 0.3) is 0 Å². The maximum absolute atomic E-state index is 13.0. The summed E-state index contributed by atoms with van der Waals surface area (Å²) in [5.41, 5.74) is 2.94. The van der Waals surface area contributed by atoms with Crippen LogP contribution in [0, 0.1) is 12.8 Å². The Balaban J connectivity index is 2.27. The van der Waals surface area contributed by atoms with E-state index in [1.165, 1.54) is 0 Å². The van der Waals surface area contributed by atoms with Gasteiger partial charge in [-0.05, 0) is 44.2 Å². The van der Waals surface area contributed by atoms with Gasteiger partial charge in [-0.1, -0.05) is 32.4 Å². The van der Waals surface area contributed by atoms with Gasteiger partial charge in [0.05, 0.1) is 5.56 Å². The SMILES string of the molecule is CCCNc1ccc(C)cc1C(=O)N1CCCC1C(C)C. The lowest BCUT2D eigenvalue weighted by Crippen LogP contribution is -2.38. The molecule has 1 aromatic rings. The Morgan fingerprint density at radius 3 is 2.86 bits per heavy atom. The van der Waals surface area contributed by atoms with Crippen molar-refractivity contribution in [3.63, 3.8) is 0 Å². The Morgan fingerprint density at radius 2 is 2.19 bits per heavy atom. The summed E-state index contributed by atoms with van der Waals surface area (Å²) in [4.78, 5) is 15.1. The molecule has 21 heavy (non-hydrogen) atoms. The highest BCUT2D eigenvalue weighted by Crippen LogP contribution is 2.28. The van der Waals surface area contributed by atoms with Gasteiger partial charge in [-0.2, -0.15) is 0 Å². The fraction of sp³-hybridized carbons (Fsp3) is 0.611. The highest BCUT2D eigenvalue weighted by molar-refractivity contribution is 6.00. The summed E-state index contributed by atoms with van der Waals surface area (Å²) >= 11 is 0. The molecule has 1 heterocycles. The van der Waals surface area contributed by atoms with E-state index >= 15 is 0 Å². The zero-order chi connectivity index (χ0) is 15.4. The number of rotatable bonds is 5. The third-order valence-corrected chi connectivity index (χ3v) is 4.30. The fourth-order valence-corrected chi connectivity index (χ4v) is 3.14. The minimum absolute atomic E-state index is 0.188. The summed E-state index contributed by atoms with van der Waals surface area (Å²) in [6.45, 7) is 10.4. The van der Waals surface area contributed by atoms with E-state index in [9.17, 15) is 4.79 Å². The average molecular weight is 288 g/mol. The summed E-state index contributed by atoms with van der Waals surface area (Å²) in [5, 5.41) is 3.39. The quantitative estimate of drug-likeness (QED) is 0.885. The maximum Gasteiger partial charge on any atom is 0.256 e. The third kappa shape index (κ3) is 3.58. The van der Waals surface area contributed by atoms with Gasteiger partial charge in [0, 0.05) is 24.8 Å². The number of anilines is 1. The average Bonchev–Trinajstić information content (AvgIpc) is 2.94. The van der Waals surface area contributed by atoms with Crippen molar-refractivity contribution in [3.8, 4) is 0 Å². The van der Waals surface area contributed by atoms with Crippen LogP contribution in [0.3, 0.4) is 0 Å². The monoisotopic (exact) mass is 288 g/mol. The summed E-state index contributed by atoms with van der Waals surface area (Å²) < 4.78 is 0. The number of carbonyl (C=O) groups excluding carboxylic acids is 1. The van der Waals surface area contributed by atoms with Crippen molar-refractivity contribution >= 4 is 11.6 Å². The highest BCUT2D eigenvalue weighted by Gasteiger charge is 2.32. The number of nitrogens with one attached hydrogen (secondary N) is 1. The van der Waals surface area contributed by atoms with E-state index in [4.69, 9.17) is 0 Å². The fourth-order valence-electron chi connectivity index (χ4n) is 3.14. The van der Waals surface area contributed by atoms with Crippen LogP contribution in [0.4, 0.5) is 5.69 Å². The number of amides is 1. The lowest BCUT2D eigenvalue weighted by Gasteiger charge is -2.28. The standard InChI is InChI=1S/C18H28N2O/c1-5-10-19-16-9-8-14(4)12-15(16)18(21)20-11-6-7-17(20)13(2)3/h8-9,12-13,17,19H,5-7,10-11H2,1-4H3. The molecule has 1 aromatic carbocycles. The van der Waals surface area contributed by atoms with Gasteiger partial charge in [0.15, 0.2) is 0 Å². The normalized spacial score (nSPS) is 18.3. The first-order valence-corrected chi connectivity index (χ1v) is 8.20. The van der Waals surface area contributed by atoms with E-state index in [0.717, 1.165) is 49.2 Å². The second kappa shape index (κ2) is 6.97. The van der Waals surface area contributed by atoms with Gasteiger partial charge in [-0.15, -0.1) is 0 Å². The molecule has 1 unspecified atom stereocenters. The van der Waals surface area contributed by atoms with Crippen molar-refractivity contribution in [2.24, 2.45) is 5.92 Å². The number of aryl methyl sites for hydroxylation is 1. The first-order chi connectivity index (χ1) is 10.0. The van der Waals surface area contributed by atoms with Crippen molar-refractivity contribution in [1.29, 1.82) is 0 Å². The molecule has 1 saturated heterocycles. The molecule has 116 valence electrons. The molecule has 2 rings (SSSR count). The predicted octanol–water partition coefficient (Wildman–Crippen LogP) is 4.08. The van der Waals surface area contributed by atoms with Gasteiger partial charge in [0.2, 0.25) is 0 Å². The number of benzene rings is 1. The van der Waals surface area contributed by atoms with Crippen LogP contribution in [-0.2, 0) is 0 Å². The predicted molar refractivity (Wildman–Crippen MR) is 88.9 cm³/mol. The molecule has 1 fully saturated rings. The number of likely N-dealkylation sites (tertiary alicyclic amines) is 1. The molecule has 0 aromatic heterocycles. The topological polar surface area (TPSA) is 32.3 Å². The summed E-state index contributed by atoms with van der Waals surface area (Å²) in [6.07, 6.45) is 3.31. The molecule has 1 atom stereocenters. The molecule has 1 N–H and O–H groups in total. The van der Waals surface area contributed by atoms with Crippen molar-refractivity contribution in [2.45, 2.75) is 53.0 Å². The second-order valence-electron chi connectivity index (χ2n) is 6.43. The van der Waals surface area contributed by atoms with Gasteiger partial charge in [-0.25, -0.2) is 0 Å². The van der Waals surface area contributed by atoms with Crippen LogP contribution in [0.2, 0.25) is 0 Å². The number of nitrogens with zero attached hydrogens (tertiary/aromatic N) is 1. The minimum atomic E-state index is 0.188. The van der Waals surface area contributed by atoms with Crippen LogP contribution in [0.5, 0.6) is 0 Å². The van der Waals surface area contributed by atoms with Crippen LogP contribution in [-0.4, -0.2) is 29.9 Å². The van der Waals surface area contributed by atoms with Crippen molar-refractivity contribution in [2.75, 3.05) is 18.4 Å². The number of hydrogen-bond acceptors (Lipinski definition) is 2. The molecule has 0 bridgehead atoms. The van der Waals surface area contributed by atoms with Gasteiger partial charge >= 0.3 is 0 Å². The smallest absolute Gasteiger partial charge is 0.256 e. The van der Waals surface area contributed by atoms with Crippen LogP contribution in [0.1, 0.15) is 56.0 Å². The molecule has 0 aliphatic carbocycles. The van der Waals surface area contributed by atoms with Gasteiger partial charge < -0.3 is 10.2 Å². The number of hydrogen-bond donors (Lipinski definition) is 1. The van der Waals surface area contributed by atoms with E-state index in [1.807, 2.05) is 19.1 Å². The summed E-state index contributed by atoms with van der Waals surface area (Å²) in [6, 6.07) is 6.52. The molecule has 0 spiro atoms. The Kier molecular flexibility index (Phi) is 5.27. The molecule has 0 saturated carbocycles.